The third-order valence-electron chi connectivity index (χ3n) is 4.04. The van der Waals surface area contributed by atoms with Crippen molar-refractivity contribution in [3.8, 4) is 0 Å². The molecular weight excluding hydrogens is 304 g/mol. The lowest BCUT2D eigenvalue weighted by Gasteiger charge is -2.31. The Hall–Kier alpha value is -1.44. The number of carbonyl (C=O) groups is 1. The number of rotatable bonds is 4. The molecule has 1 atom stereocenters. The predicted octanol–water partition coefficient (Wildman–Crippen LogP) is 1.14. The Balaban J connectivity index is 2.38. The van der Waals surface area contributed by atoms with Gasteiger partial charge in [0.15, 0.2) is 0 Å². The number of carbonyl (C=O) groups excluding carboxylic acids is 1. The van der Waals surface area contributed by atoms with Crippen LogP contribution in [0.4, 0.5) is 0 Å². The average molecular weight is 326 g/mol. The number of sulfonamides is 1. The molecule has 2 N–H and O–H groups in total. The first-order valence-electron chi connectivity index (χ1n) is 7.29. The van der Waals surface area contributed by atoms with Crippen LogP contribution in [0.15, 0.2) is 23.1 Å². The molecule has 0 spiro atoms. The lowest BCUT2D eigenvalue weighted by atomic mass is 10.0. The van der Waals surface area contributed by atoms with Crippen molar-refractivity contribution in [2.24, 2.45) is 11.7 Å². The Labute approximate surface area is 131 Å². The van der Waals surface area contributed by atoms with E-state index in [9.17, 15) is 13.2 Å². The fourth-order valence-corrected chi connectivity index (χ4v) is 4.50. The number of benzene rings is 1. The largest absolute Gasteiger partial charge is 0.465 e. The van der Waals surface area contributed by atoms with E-state index in [0.717, 1.165) is 12.8 Å². The van der Waals surface area contributed by atoms with E-state index in [0.29, 0.717) is 25.2 Å². The van der Waals surface area contributed by atoms with Gasteiger partial charge in [-0.15, -0.1) is 0 Å². The quantitative estimate of drug-likeness (QED) is 0.838. The smallest absolute Gasteiger partial charge is 0.337 e. The van der Waals surface area contributed by atoms with Crippen LogP contribution in [0, 0.1) is 12.8 Å². The summed E-state index contributed by atoms with van der Waals surface area (Å²) in [5.74, 6) is -0.359. The Morgan fingerprint density at radius 1 is 1.45 bits per heavy atom. The van der Waals surface area contributed by atoms with Gasteiger partial charge in [0.1, 0.15) is 0 Å². The van der Waals surface area contributed by atoms with Gasteiger partial charge >= 0.3 is 5.97 Å². The van der Waals surface area contributed by atoms with Gasteiger partial charge in [-0.3, -0.25) is 0 Å². The van der Waals surface area contributed by atoms with E-state index in [1.807, 2.05) is 0 Å². The molecule has 1 aliphatic heterocycles. The van der Waals surface area contributed by atoms with Crippen molar-refractivity contribution >= 4 is 16.0 Å². The molecule has 6 nitrogen and oxygen atoms in total. The van der Waals surface area contributed by atoms with Gasteiger partial charge in [-0.2, -0.15) is 4.31 Å². The zero-order valence-electron chi connectivity index (χ0n) is 12.9. The van der Waals surface area contributed by atoms with Gasteiger partial charge in [-0.1, -0.05) is 6.07 Å². The van der Waals surface area contributed by atoms with Crippen LogP contribution in [0.3, 0.4) is 0 Å². The number of esters is 1. The molecule has 1 aromatic rings. The van der Waals surface area contributed by atoms with Crippen molar-refractivity contribution in [1.82, 2.24) is 4.31 Å². The first-order chi connectivity index (χ1) is 10.4. The monoisotopic (exact) mass is 326 g/mol. The molecule has 0 saturated carbocycles. The predicted molar refractivity (Wildman–Crippen MR) is 83.1 cm³/mol. The van der Waals surface area contributed by atoms with E-state index in [2.05, 4.69) is 4.74 Å². The molecule has 1 fully saturated rings. The van der Waals surface area contributed by atoms with E-state index in [1.165, 1.54) is 17.5 Å². The number of hydrogen-bond donors (Lipinski definition) is 1. The number of methoxy groups -OCH3 is 1. The van der Waals surface area contributed by atoms with Crippen LogP contribution in [0.5, 0.6) is 0 Å². The Morgan fingerprint density at radius 3 is 2.82 bits per heavy atom. The summed E-state index contributed by atoms with van der Waals surface area (Å²) in [4.78, 5) is 11.8. The Bertz CT molecular complexity index is 658. The second-order valence-corrected chi connectivity index (χ2v) is 7.49. The second kappa shape index (κ2) is 6.76. The van der Waals surface area contributed by atoms with Crippen molar-refractivity contribution in [3.63, 3.8) is 0 Å². The maximum absolute atomic E-state index is 12.9. The molecule has 1 aliphatic rings. The van der Waals surface area contributed by atoms with Crippen LogP contribution in [-0.2, 0) is 14.8 Å². The van der Waals surface area contributed by atoms with Crippen molar-refractivity contribution in [3.05, 3.63) is 29.3 Å². The summed E-state index contributed by atoms with van der Waals surface area (Å²) in [5, 5.41) is 0. The van der Waals surface area contributed by atoms with Gasteiger partial charge in [-0.05, 0) is 49.9 Å². The topological polar surface area (TPSA) is 89.7 Å². The van der Waals surface area contributed by atoms with Crippen LogP contribution in [0.1, 0.15) is 28.8 Å². The first kappa shape index (κ1) is 16.9. The van der Waals surface area contributed by atoms with Gasteiger partial charge in [0.25, 0.3) is 0 Å². The number of ether oxygens (including phenoxy) is 1. The zero-order valence-corrected chi connectivity index (χ0v) is 13.7. The Morgan fingerprint density at radius 2 is 2.18 bits per heavy atom. The molecule has 0 bridgehead atoms. The minimum atomic E-state index is -3.63. The number of hydrogen-bond acceptors (Lipinski definition) is 5. The molecule has 0 aromatic heterocycles. The molecule has 1 unspecified atom stereocenters. The van der Waals surface area contributed by atoms with Crippen molar-refractivity contribution in [2.45, 2.75) is 24.7 Å². The number of nitrogens with zero attached hydrogens (tertiary/aromatic N) is 1. The fourth-order valence-electron chi connectivity index (χ4n) is 2.70. The number of piperidine rings is 1. The normalized spacial score (nSPS) is 19.9. The lowest BCUT2D eigenvalue weighted by Crippen LogP contribution is -2.42. The highest BCUT2D eigenvalue weighted by Gasteiger charge is 2.31. The highest BCUT2D eigenvalue weighted by Crippen LogP contribution is 2.26. The van der Waals surface area contributed by atoms with Gasteiger partial charge < -0.3 is 10.5 Å². The number of nitrogens with two attached hydrogens (primary N) is 1. The Kier molecular flexibility index (Phi) is 5.20. The SMILES string of the molecule is COC(=O)c1ccc(C)c(S(=O)(=O)N2CCCC(CN)C2)c1. The maximum atomic E-state index is 12.9. The molecule has 7 heteroatoms. The molecular formula is C15H22N2O4S. The van der Waals surface area contributed by atoms with Gasteiger partial charge in [0.05, 0.1) is 17.6 Å². The molecule has 122 valence electrons. The highest BCUT2D eigenvalue weighted by atomic mass is 32.2. The summed E-state index contributed by atoms with van der Waals surface area (Å²) in [7, 11) is -2.36. The van der Waals surface area contributed by atoms with Crippen LogP contribution in [0.2, 0.25) is 0 Å². The molecule has 1 aromatic carbocycles. The van der Waals surface area contributed by atoms with Crippen LogP contribution < -0.4 is 5.73 Å². The maximum Gasteiger partial charge on any atom is 0.337 e. The van der Waals surface area contributed by atoms with E-state index in [4.69, 9.17) is 5.73 Å². The highest BCUT2D eigenvalue weighted by molar-refractivity contribution is 7.89. The lowest BCUT2D eigenvalue weighted by molar-refractivity contribution is 0.0600. The van der Waals surface area contributed by atoms with E-state index >= 15 is 0 Å². The van der Waals surface area contributed by atoms with Gasteiger partial charge in [0.2, 0.25) is 10.0 Å². The molecule has 0 aliphatic carbocycles. The van der Waals surface area contributed by atoms with Gasteiger partial charge in [-0.25, -0.2) is 13.2 Å². The minimum absolute atomic E-state index is 0.160. The van der Waals surface area contributed by atoms with E-state index in [1.54, 1.807) is 19.1 Å². The first-order valence-corrected chi connectivity index (χ1v) is 8.73. The molecule has 0 amide bonds. The molecule has 2 rings (SSSR count). The van der Waals surface area contributed by atoms with Crippen molar-refractivity contribution in [2.75, 3.05) is 26.7 Å². The molecule has 1 saturated heterocycles. The third kappa shape index (κ3) is 3.31. The third-order valence-corrected chi connectivity index (χ3v) is 6.05. The van der Waals surface area contributed by atoms with Crippen LogP contribution in [-0.4, -0.2) is 45.4 Å². The van der Waals surface area contributed by atoms with Crippen molar-refractivity contribution in [1.29, 1.82) is 0 Å². The van der Waals surface area contributed by atoms with Crippen LogP contribution >= 0.6 is 0 Å². The molecule has 22 heavy (non-hydrogen) atoms. The molecule has 0 radical (unpaired) electrons. The average Bonchev–Trinajstić information content (AvgIpc) is 2.54. The summed E-state index contributed by atoms with van der Waals surface area (Å²) in [5.41, 5.74) is 6.53. The van der Waals surface area contributed by atoms with Crippen molar-refractivity contribution < 1.29 is 17.9 Å². The summed E-state index contributed by atoms with van der Waals surface area (Å²) >= 11 is 0. The van der Waals surface area contributed by atoms with E-state index < -0.39 is 16.0 Å². The molecule has 1 heterocycles. The van der Waals surface area contributed by atoms with E-state index in [-0.39, 0.29) is 16.4 Å². The summed E-state index contributed by atoms with van der Waals surface area (Å²) in [6, 6.07) is 4.59. The number of aryl methyl sites for hydroxylation is 1. The standard InChI is InChI=1S/C15H22N2O4S/c1-11-5-6-13(15(18)21-2)8-14(11)22(19,20)17-7-3-4-12(9-16)10-17/h5-6,8,12H,3-4,7,9-10,16H2,1-2H3. The van der Waals surface area contributed by atoms with Gasteiger partial charge in [0, 0.05) is 13.1 Å². The zero-order chi connectivity index (χ0) is 16.3. The van der Waals surface area contributed by atoms with Crippen LogP contribution in [0.25, 0.3) is 0 Å². The second-order valence-electron chi connectivity index (χ2n) is 5.58. The summed E-state index contributed by atoms with van der Waals surface area (Å²) in [6.45, 7) is 3.12. The summed E-state index contributed by atoms with van der Waals surface area (Å²) < 4.78 is 31.9. The summed E-state index contributed by atoms with van der Waals surface area (Å²) in [6.07, 6.45) is 1.75. The fraction of sp³-hybridized carbons (Fsp3) is 0.533. The minimum Gasteiger partial charge on any atom is -0.465 e.